The number of allylic oxidation sites excluding steroid dienone is 1. The van der Waals surface area contributed by atoms with Gasteiger partial charge in [0.05, 0.1) is 15.2 Å². The smallest absolute Gasteiger partial charge is 0.137 e. The van der Waals surface area contributed by atoms with Crippen molar-refractivity contribution in [1.82, 2.24) is 4.98 Å². The standard InChI is InChI=1S/C25H20ClN3S2/c1-16-11-12-19(13-17(16)2)28-24(30-15-18-7-3-4-8-21(18)26)20(14-27)25-29-22-9-5-6-10-23(22)31-25/h3-13,28H,15H2,1-2H3. The highest BCUT2D eigenvalue weighted by Gasteiger charge is 2.16. The van der Waals surface area contributed by atoms with E-state index >= 15 is 0 Å². The average Bonchev–Trinajstić information content (AvgIpc) is 3.19. The van der Waals surface area contributed by atoms with Gasteiger partial charge in [0.2, 0.25) is 0 Å². The van der Waals surface area contributed by atoms with Crippen LogP contribution in [0.5, 0.6) is 0 Å². The third-order valence-corrected chi connectivity index (χ3v) is 7.41. The molecule has 0 fully saturated rings. The van der Waals surface area contributed by atoms with Crippen LogP contribution in [0.1, 0.15) is 21.7 Å². The first-order valence-corrected chi connectivity index (χ1v) is 11.9. The van der Waals surface area contributed by atoms with Gasteiger partial charge in [0.1, 0.15) is 16.6 Å². The maximum absolute atomic E-state index is 10.1. The number of aryl methyl sites for hydroxylation is 2. The number of thiazole rings is 1. The Hall–Kier alpha value is -2.78. The number of fused-ring (bicyclic) bond motifs is 1. The Morgan fingerprint density at radius 2 is 1.84 bits per heavy atom. The summed E-state index contributed by atoms with van der Waals surface area (Å²) >= 11 is 9.45. The van der Waals surface area contributed by atoms with Crippen LogP contribution in [-0.4, -0.2) is 4.98 Å². The summed E-state index contributed by atoms with van der Waals surface area (Å²) in [6.45, 7) is 4.17. The summed E-state index contributed by atoms with van der Waals surface area (Å²) in [5, 5.41) is 15.8. The number of anilines is 1. The highest BCUT2D eigenvalue weighted by molar-refractivity contribution is 8.02. The first-order valence-electron chi connectivity index (χ1n) is 9.76. The van der Waals surface area contributed by atoms with Crippen molar-refractivity contribution in [3.63, 3.8) is 0 Å². The van der Waals surface area contributed by atoms with Crippen LogP contribution in [0.15, 0.2) is 71.8 Å². The second-order valence-electron chi connectivity index (χ2n) is 7.11. The van der Waals surface area contributed by atoms with Crippen LogP contribution in [0.4, 0.5) is 5.69 Å². The van der Waals surface area contributed by atoms with Crippen molar-refractivity contribution in [3.8, 4) is 6.07 Å². The molecule has 1 aromatic heterocycles. The predicted octanol–water partition coefficient (Wildman–Crippen LogP) is 7.80. The molecule has 0 saturated carbocycles. The van der Waals surface area contributed by atoms with Gasteiger partial charge in [-0.25, -0.2) is 4.98 Å². The number of nitrogens with zero attached hydrogens (tertiary/aromatic N) is 2. The largest absolute Gasteiger partial charge is 0.349 e. The van der Waals surface area contributed by atoms with Gasteiger partial charge < -0.3 is 5.32 Å². The Kier molecular flexibility index (Phi) is 6.62. The van der Waals surface area contributed by atoms with Crippen molar-refractivity contribution >= 4 is 56.2 Å². The Morgan fingerprint density at radius 1 is 1.06 bits per heavy atom. The molecule has 4 rings (SSSR count). The maximum Gasteiger partial charge on any atom is 0.137 e. The number of para-hydroxylation sites is 1. The first-order chi connectivity index (χ1) is 15.0. The summed E-state index contributed by atoms with van der Waals surface area (Å²) in [5.41, 5.74) is 5.83. The molecule has 1 heterocycles. The Labute approximate surface area is 195 Å². The zero-order valence-electron chi connectivity index (χ0n) is 17.1. The lowest BCUT2D eigenvalue weighted by molar-refractivity contribution is 1.33. The fourth-order valence-corrected chi connectivity index (χ4v) is 5.40. The van der Waals surface area contributed by atoms with Crippen molar-refractivity contribution in [2.75, 3.05) is 5.32 Å². The van der Waals surface area contributed by atoms with Gasteiger partial charge in [-0.1, -0.05) is 48.0 Å². The van der Waals surface area contributed by atoms with Crippen molar-refractivity contribution in [3.05, 3.63) is 98.5 Å². The highest BCUT2D eigenvalue weighted by atomic mass is 35.5. The second-order valence-corrected chi connectivity index (χ2v) is 9.53. The number of hydrogen-bond donors (Lipinski definition) is 1. The van der Waals surface area contributed by atoms with E-state index < -0.39 is 0 Å². The molecule has 0 unspecified atom stereocenters. The molecule has 0 aliphatic rings. The Bertz CT molecular complexity index is 1280. The summed E-state index contributed by atoms with van der Waals surface area (Å²) in [6, 6.07) is 24.3. The van der Waals surface area contributed by atoms with E-state index in [0.29, 0.717) is 16.3 Å². The van der Waals surface area contributed by atoms with E-state index in [1.165, 1.54) is 22.5 Å². The summed E-state index contributed by atoms with van der Waals surface area (Å²) in [4.78, 5) is 4.71. The van der Waals surface area contributed by atoms with Crippen molar-refractivity contribution in [1.29, 1.82) is 5.26 Å². The first kappa shape index (κ1) is 21.5. The molecule has 154 valence electrons. The number of thioether (sulfide) groups is 1. The molecule has 1 N–H and O–H groups in total. The van der Waals surface area contributed by atoms with Crippen LogP contribution in [0, 0.1) is 25.2 Å². The van der Waals surface area contributed by atoms with Gasteiger partial charge in [-0.2, -0.15) is 5.26 Å². The quantitative estimate of drug-likeness (QED) is 0.297. The molecule has 31 heavy (non-hydrogen) atoms. The third-order valence-electron chi connectivity index (χ3n) is 4.94. The van der Waals surface area contributed by atoms with Crippen molar-refractivity contribution < 1.29 is 0 Å². The van der Waals surface area contributed by atoms with E-state index in [-0.39, 0.29) is 0 Å². The number of benzene rings is 3. The van der Waals surface area contributed by atoms with Crippen LogP contribution >= 0.6 is 34.7 Å². The van der Waals surface area contributed by atoms with E-state index in [0.717, 1.165) is 31.5 Å². The molecule has 3 aromatic carbocycles. The molecule has 0 aliphatic carbocycles. The fourth-order valence-electron chi connectivity index (χ4n) is 3.06. The zero-order chi connectivity index (χ0) is 21.8. The number of rotatable bonds is 6. The van der Waals surface area contributed by atoms with Crippen molar-refractivity contribution in [2.45, 2.75) is 19.6 Å². The van der Waals surface area contributed by atoms with Crippen LogP contribution in [0.25, 0.3) is 15.8 Å². The Balaban J connectivity index is 1.75. The maximum atomic E-state index is 10.1. The van der Waals surface area contributed by atoms with E-state index in [2.05, 4.69) is 37.4 Å². The predicted molar refractivity (Wildman–Crippen MR) is 134 cm³/mol. The summed E-state index contributed by atoms with van der Waals surface area (Å²) in [5.74, 6) is 0.642. The molecule has 0 bridgehead atoms. The monoisotopic (exact) mass is 461 g/mol. The van der Waals surface area contributed by atoms with Crippen LogP contribution in [-0.2, 0) is 5.75 Å². The number of halogens is 1. The molecule has 0 radical (unpaired) electrons. The van der Waals surface area contributed by atoms with Gasteiger partial charge in [0.15, 0.2) is 0 Å². The van der Waals surface area contributed by atoms with Gasteiger partial charge in [-0.3, -0.25) is 0 Å². The van der Waals surface area contributed by atoms with Crippen LogP contribution < -0.4 is 5.32 Å². The minimum Gasteiger partial charge on any atom is -0.349 e. The topological polar surface area (TPSA) is 48.7 Å². The molecule has 0 amide bonds. The van der Waals surface area contributed by atoms with E-state index in [9.17, 15) is 5.26 Å². The molecule has 0 aliphatic heterocycles. The van der Waals surface area contributed by atoms with Gasteiger partial charge in [0.25, 0.3) is 0 Å². The van der Waals surface area contributed by atoms with Crippen molar-refractivity contribution in [2.24, 2.45) is 0 Å². The van der Waals surface area contributed by atoms with Gasteiger partial charge >= 0.3 is 0 Å². The lowest BCUT2D eigenvalue weighted by atomic mass is 10.1. The van der Waals surface area contributed by atoms with E-state index in [1.807, 2.05) is 54.6 Å². The molecule has 6 heteroatoms. The number of nitriles is 1. The van der Waals surface area contributed by atoms with Crippen LogP contribution in [0.2, 0.25) is 5.02 Å². The van der Waals surface area contributed by atoms with Gasteiger partial charge in [-0.05, 0) is 60.9 Å². The summed E-state index contributed by atoms with van der Waals surface area (Å²) in [6.07, 6.45) is 0. The number of aromatic nitrogens is 1. The lowest BCUT2D eigenvalue weighted by Gasteiger charge is -2.14. The van der Waals surface area contributed by atoms with Gasteiger partial charge in [0, 0.05) is 16.5 Å². The SMILES string of the molecule is Cc1ccc(NC(SCc2ccccc2Cl)=C(C#N)c2nc3ccccc3s2)cc1C. The molecule has 0 saturated heterocycles. The molecule has 4 aromatic rings. The molecular weight excluding hydrogens is 442 g/mol. The normalized spacial score (nSPS) is 11.8. The highest BCUT2D eigenvalue weighted by Crippen LogP contribution is 2.35. The summed E-state index contributed by atoms with van der Waals surface area (Å²) < 4.78 is 1.06. The second kappa shape index (κ2) is 9.57. The lowest BCUT2D eigenvalue weighted by Crippen LogP contribution is -2.01. The molecule has 3 nitrogen and oxygen atoms in total. The minimum atomic E-state index is 0.538. The van der Waals surface area contributed by atoms with E-state index in [4.69, 9.17) is 16.6 Å². The molecule has 0 atom stereocenters. The fraction of sp³-hybridized carbons (Fsp3) is 0.120. The minimum absolute atomic E-state index is 0.538. The third kappa shape index (κ3) is 4.94. The molecular formula is C25H20ClN3S2. The van der Waals surface area contributed by atoms with Gasteiger partial charge in [-0.15, -0.1) is 23.1 Å². The average molecular weight is 462 g/mol. The summed E-state index contributed by atoms with van der Waals surface area (Å²) in [7, 11) is 0. The number of hydrogen-bond acceptors (Lipinski definition) is 5. The number of nitrogens with one attached hydrogen (secondary N) is 1. The molecule has 0 spiro atoms. The van der Waals surface area contributed by atoms with Crippen LogP contribution in [0.3, 0.4) is 0 Å². The zero-order valence-corrected chi connectivity index (χ0v) is 19.5. The van der Waals surface area contributed by atoms with E-state index in [1.54, 1.807) is 11.8 Å². The Morgan fingerprint density at radius 3 is 2.58 bits per heavy atom.